The van der Waals surface area contributed by atoms with Crippen LogP contribution in [-0.4, -0.2) is 104 Å². The lowest BCUT2D eigenvalue weighted by atomic mass is 10.0. The molecule has 0 bridgehead atoms. The molecule has 0 fully saturated rings. The van der Waals surface area contributed by atoms with Crippen molar-refractivity contribution < 1.29 is 36.2 Å². The predicted molar refractivity (Wildman–Crippen MR) is 158 cm³/mol. The molecule has 2 heterocycles. The van der Waals surface area contributed by atoms with Crippen molar-refractivity contribution >= 4 is 31.6 Å². The van der Waals surface area contributed by atoms with Crippen molar-refractivity contribution in [2.75, 3.05) is 44.3 Å². The zero-order valence-corrected chi connectivity index (χ0v) is 26.7. The average molecular weight is 630 g/mol. The number of amides is 1. The largest absolute Gasteiger partial charge is 0.490 e. The predicted octanol–water partition coefficient (Wildman–Crippen LogP) is 1.91. The lowest BCUT2D eigenvalue weighted by molar-refractivity contribution is -0.00828. The monoisotopic (exact) mass is 629 g/mol. The van der Waals surface area contributed by atoms with Crippen molar-refractivity contribution in [1.82, 2.24) is 18.8 Å². The third kappa shape index (κ3) is 8.89. The number of carbonyl (C=O) groups is 1. The first kappa shape index (κ1) is 33.8. The number of sulfonamides is 2. The highest BCUT2D eigenvalue weighted by Gasteiger charge is 2.31. The summed E-state index contributed by atoms with van der Waals surface area (Å²) in [6.07, 6.45) is 5.27. The number of likely N-dealkylation sites (N-methyl/N-ethyl adjacent to an activating group) is 1. The number of benzene rings is 1. The van der Waals surface area contributed by atoms with Crippen LogP contribution in [0.4, 0.5) is 5.69 Å². The Morgan fingerprint density at radius 1 is 1.21 bits per heavy atom. The maximum atomic E-state index is 14.1. The molecule has 3 rings (SSSR count). The number of hydrogen-bond acceptors (Lipinski definition) is 9. The zero-order valence-electron chi connectivity index (χ0n) is 25.1. The topological polar surface area (TPSA) is 160 Å². The van der Waals surface area contributed by atoms with Crippen LogP contribution in [0.5, 0.6) is 5.75 Å². The molecule has 1 amide bonds. The summed E-state index contributed by atoms with van der Waals surface area (Å²) < 4.78 is 67.7. The van der Waals surface area contributed by atoms with Gasteiger partial charge in [-0.2, -0.15) is 8.42 Å². The van der Waals surface area contributed by atoms with E-state index in [4.69, 9.17) is 9.47 Å². The number of aromatic nitrogens is 2. The summed E-state index contributed by atoms with van der Waals surface area (Å²) in [6.45, 7) is 5.79. The first-order valence-corrected chi connectivity index (χ1v) is 17.2. The normalized spacial score (nSPS) is 22.2. The van der Waals surface area contributed by atoms with E-state index in [9.17, 15) is 26.7 Å². The van der Waals surface area contributed by atoms with E-state index >= 15 is 0 Å². The molecule has 0 radical (unpaired) electrons. The van der Waals surface area contributed by atoms with Crippen LogP contribution in [0.15, 0.2) is 35.7 Å². The van der Waals surface area contributed by atoms with Gasteiger partial charge in [0.1, 0.15) is 5.75 Å². The molecule has 0 spiro atoms. The minimum Gasteiger partial charge on any atom is -0.490 e. The molecule has 13 nitrogen and oxygen atoms in total. The molecule has 4 atom stereocenters. The van der Waals surface area contributed by atoms with Crippen LogP contribution in [0.3, 0.4) is 0 Å². The quantitative estimate of drug-likeness (QED) is 0.445. The number of carbonyl (C=O) groups excluding carboxylic acids is 1. The molecule has 0 unspecified atom stereocenters. The molecule has 2 aromatic rings. The fraction of sp³-hybridized carbons (Fsp3) is 0.630. The van der Waals surface area contributed by atoms with Gasteiger partial charge in [0.05, 0.1) is 43.0 Å². The summed E-state index contributed by atoms with van der Waals surface area (Å²) in [7, 11) is -4.35. The van der Waals surface area contributed by atoms with E-state index in [1.165, 1.54) is 45.5 Å². The van der Waals surface area contributed by atoms with Crippen LogP contribution in [0.1, 0.15) is 50.4 Å². The van der Waals surface area contributed by atoms with E-state index < -0.39 is 38.1 Å². The van der Waals surface area contributed by atoms with Gasteiger partial charge in [-0.1, -0.05) is 6.92 Å². The molecular formula is C27H43N5O8S2. The molecule has 2 N–H and O–H groups in total. The summed E-state index contributed by atoms with van der Waals surface area (Å²) in [5, 5.41) is 9.89. The summed E-state index contributed by atoms with van der Waals surface area (Å²) >= 11 is 0. The van der Waals surface area contributed by atoms with Gasteiger partial charge in [-0.25, -0.2) is 17.7 Å². The Labute approximate surface area is 248 Å². The molecule has 42 heavy (non-hydrogen) atoms. The molecule has 236 valence electrons. The number of aryl methyl sites for hydroxylation is 1. The minimum atomic E-state index is -4.03. The smallest absolute Gasteiger partial charge is 0.280 e. The second kappa shape index (κ2) is 14.2. The molecule has 1 aliphatic heterocycles. The van der Waals surface area contributed by atoms with Crippen LogP contribution >= 0.6 is 0 Å². The number of ether oxygens (including phenoxy) is 2. The van der Waals surface area contributed by atoms with E-state index in [1.807, 2.05) is 13.8 Å². The minimum absolute atomic E-state index is 0.102. The number of aliphatic hydroxyl groups is 1. The van der Waals surface area contributed by atoms with E-state index in [-0.39, 0.29) is 53.7 Å². The first-order chi connectivity index (χ1) is 19.6. The SMILES string of the molecule is C[C@@H]1CCCCO[C@H](CN(C)S(C)(=O)=O)[C@@H](C)CN([C@@H](C)CO)C(=O)c2cc(NS(=O)(=O)c3cn(C)cn3)ccc2O1. The fourth-order valence-corrected chi connectivity index (χ4v) is 6.02. The van der Waals surface area contributed by atoms with Crippen molar-refractivity contribution in [3.05, 3.63) is 36.3 Å². The van der Waals surface area contributed by atoms with E-state index in [0.29, 0.717) is 13.0 Å². The second-order valence-corrected chi connectivity index (χ2v) is 14.8. The van der Waals surface area contributed by atoms with Gasteiger partial charge in [-0.3, -0.25) is 9.52 Å². The highest BCUT2D eigenvalue weighted by atomic mass is 32.2. The van der Waals surface area contributed by atoms with Crippen LogP contribution in [-0.2, 0) is 31.8 Å². The van der Waals surface area contributed by atoms with Crippen LogP contribution in [0.2, 0.25) is 0 Å². The highest BCUT2D eigenvalue weighted by molar-refractivity contribution is 7.92. The Bertz CT molecular complexity index is 1430. The number of imidazole rings is 1. The Morgan fingerprint density at radius 3 is 2.55 bits per heavy atom. The first-order valence-electron chi connectivity index (χ1n) is 13.9. The Balaban J connectivity index is 2.02. The van der Waals surface area contributed by atoms with Gasteiger partial charge in [-0.15, -0.1) is 0 Å². The maximum absolute atomic E-state index is 14.1. The molecule has 1 aromatic heterocycles. The number of fused-ring (bicyclic) bond motifs is 1. The summed E-state index contributed by atoms with van der Waals surface area (Å²) in [5.41, 5.74) is 0.268. The van der Waals surface area contributed by atoms with Gasteiger partial charge in [0.25, 0.3) is 15.9 Å². The molecule has 0 saturated heterocycles. The van der Waals surface area contributed by atoms with E-state index in [0.717, 1.165) is 19.1 Å². The third-order valence-electron chi connectivity index (χ3n) is 7.26. The van der Waals surface area contributed by atoms with Gasteiger partial charge in [0.2, 0.25) is 10.0 Å². The number of rotatable bonds is 8. The van der Waals surface area contributed by atoms with Crippen molar-refractivity contribution in [3.63, 3.8) is 0 Å². The van der Waals surface area contributed by atoms with Gasteiger partial charge in [0, 0.05) is 51.6 Å². The van der Waals surface area contributed by atoms with Crippen molar-refractivity contribution in [1.29, 1.82) is 0 Å². The molecule has 0 saturated carbocycles. The third-order valence-corrected chi connectivity index (χ3v) is 9.81. The molecular weight excluding hydrogens is 586 g/mol. The Hall–Kier alpha value is -2.72. The number of nitrogens with one attached hydrogen (secondary N) is 1. The zero-order chi connectivity index (χ0) is 31.2. The van der Waals surface area contributed by atoms with E-state index in [1.54, 1.807) is 20.0 Å². The second-order valence-electron chi connectivity index (χ2n) is 11.0. The standard InChI is InChI=1S/C27H43N5O8S2/c1-19-14-32(20(2)17-33)27(34)23-13-22(29-42(37,38)26-16-30(4)18-28-26)10-11-24(23)40-21(3)9-7-8-12-39-25(19)15-31(5)41(6,35)36/h10-11,13,16,18-21,25,29,33H,7-9,12,14-15,17H2,1-6H3/t19-,20-,21+,25+/m0/s1. The molecule has 1 aromatic carbocycles. The number of nitrogens with zero attached hydrogens (tertiary/aromatic N) is 4. The number of aliphatic hydroxyl groups excluding tert-OH is 1. The molecule has 15 heteroatoms. The van der Waals surface area contributed by atoms with Crippen LogP contribution in [0.25, 0.3) is 0 Å². The summed E-state index contributed by atoms with van der Waals surface area (Å²) in [6, 6.07) is 3.89. The van der Waals surface area contributed by atoms with Crippen molar-refractivity contribution in [2.45, 2.75) is 63.3 Å². The van der Waals surface area contributed by atoms with Gasteiger partial charge in [0.15, 0.2) is 5.03 Å². The number of anilines is 1. The van der Waals surface area contributed by atoms with Crippen molar-refractivity contribution in [3.8, 4) is 5.75 Å². The van der Waals surface area contributed by atoms with Gasteiger partial charge in [-0.05, 0) is 51.3 Å². The molecule has 0 aliphatic carbocycles. The lowest BCUT2D eigenvalue weighted by Crippen LogP contribution is -2.47. The summed E-state index contributed by atoms with van der Waals surface area (Å²) in [4.78, 5) is 19.5. The summed E-state index contributed by atoms with van der Waals surface area (Å²) in [5.74, 6) is -0.501. The van der Waals surface area contributed by atoms with Crippen LogP contribution in [0, 0.1) is 5.92 Å². The van der Waals surface area contributed by atoms with E-state index in [2.05, 4.69) is 9.71 Å². The van der Waals surface area contributed by atoms with Crippen molar-refractivity contribution in [2.24, 2.45) is 13.0 Å². The maximum Gasteiger partial charge on any atom is 0.280 e. The average Bonchev–Trinajstić information content (AvgIpc) is 3.36. The fourth-order valence-electron chi connectivity index (χ4n) is 4.57. The van der Waals surface area contributed by atoms with Gasteiger partial charge >= 0.3 is 0 Å². The lowest BCUT2D eigenvalue weighted by Gasteiger charge is -2.35. The highest BCUT2D eigenvalue weighted by Crippen LogP contribution is 2.29. The number of hydrogen-bond donors (Lipinski definition) is 2. The van der Waals surface area contributed by atoms with Crippen LogP contribution < -0.4 is 9.46 Å². The van der Waals surface area contributed by atoms with Gasteiger partial charge < -0.3 is 24.0 Å². The Morgan fingerprint density at radius 2 is 1.93 bits per heavy atom. The Kier molecular flexibility index (Phi) is 11.4. The molecule has 1 aliphatic rings.